The fourth-order valence-corrected chi connectivity index (χ4v) is 1.95. The molecule has 2 N–H and O–H groups in total. The van der Waals surface area contributed by atoms with E-state index >= 15 is 0 Å². The Morgan fingerprint density at radius 2 is 2.12 bits per heavy atom. The summed E-state index contributed by atoms with van der Waals surface area (Å²) in [6.07, 6.45) is 1.51. The molecule has 0 aromatic heterocycles. The van der Waals surface area contributed by atoms with Crippen LogP contribution in [-0.2, 0) is 9.53 Å². The number of rotatable bonds is 5. The van der Waals surface area contributed by atoms with Crippen molar-refractivity contribution in [3.8, 4) is 0 Å². The van der Waals surface area contributed by atoms with Gasteiger partial charge in [-0.05, 0) is 13.0 Å². The lowest BCUT2D eigenvalue weighted by molar-refractivity contribution is -0.130. The second-order valence-electron chi connectivity index (χ2n) is 4.11. The van der Waals surface area contributed by atoms with E-state index in [4.69, 9.17) is 10.5 Å². The minimum atomic E-state index is 0.191. The van der Waals surface area contributed by atoms with Crippen molar-refractivity contribution < 1.29 is 9.53 Å². The highest BCUT2D eigenvalue weighted by Gasteiger charge is 2.17. The molecule has 5 heteroatoms. The van der Waals surface area contributed by atoms with Crippen LogP contribution >= 0.6 is 0 Å². The minimum absolute atomic E-state index is 0.191. The predicted octanol–water partition coefficient (Wildman–Crippen LogP) is -0.484. The highest BCUT2D eigenvalue weighted by atomic mass is 16.5. The highest BCUT2D eigenvalue weighted by molar-refractivity contribution is 5.76. The van der Waals surface area contributed by atoms with Crippen LogP contribution in [0.4, 0.5) is 0 Å². The van der Waals surface area contributed by atoms with Crippen LogP contribution in [0.2, 0.25) is 0 Å². The Kier molecular flexibility index (Phi) is 6.37. The van der Waals surface area contributed by atoms with E-state index in [-0.39, 0.29) is 5.91 Å². The lowest BCUT2D eigenvalue weighted by Gasteiger charge is -2.21. The first-order chi connectivity index (χ1) is 7.77. The second-order valence-corrected chi connectivity index (χ2v) is 4.11. The first-order valence-electron chi connectivity index (χ1n) is 5.97. The van der Waals surface area contributed by atoms with Crippen LogP contribution in [0.25, 0.3) is 0 Å². The second kappa shape index (κ2) is 7.60. The monoisotopic (exact) mass is 229 g/mol. The summed E-state index contributed by atoms with van der Waals surface area (Å²) in [5, 5.41) is 0. The van der Waals surface area contributed by atoms with Crippen molar-refractivity contribution in [3.63, 3.8) is 0 Å². The summed E-state index contributed by atoms with van der Waals surface area (Å²) in [4.78, 5) is 16.0. The molecule has 94 valence electrons. The maximum Gasteiger partial charge on any atom is 0.223 e. The molecular weight excluding hydrogens is 206 g/mol. The molecule has 1 amide bonds. The van der Waals surface area contributed by atoms with Crippen molar-refractivity contribution in [2.24, 2.45) is 5.73 Å². The Labute approximate surface area is 97.5 Å². The zero-order valence-electron chi connectivity index (χ0n) is 10.2. The van der Waals surface area contributed by atoms with E-state index in [2.05, 4.69) is 4.90 Å². The van der Waals surface area contributed by atoms with Crippen LogP contribution in [0.5, 0.6) is 0 Å². The van der Waals surface area contributed by atoms with Gasteiger partial charge in [-0.15, -0.1) is 0 Å². The van der Waals surface area contributed by atoms with Crippen LogP contribution in [0.1, 0.15) is 12.8 Å². The molecule has 16 heavy (non-hydrogen) atoms. The fourth-order valence-electron chi connectivity index (χ4n) is 1.95. The van der Waals surface area contributed by atoms with Gasteiger partial charge in [0.05, 0.1) is 6.61 Å². The topological polar surface area (TPSA) is 58.8 Å². The molecule has 0 aromatic rings. The molecule has 1 fully saturated rings. The van der Waals surface area contributed by atoms with Gasteiger partial charge in [-0.1, -0.05) is 0 Å². The number of methoxy groups -OCH3 is 1. The Bertz CT molecular complexity index is 211. The first-order valence-corrected chi connectivity index (χ1v) is 5.97. The van der Waals surface area contributed by atoms with Gasteiger partial charge in [0, 0.05) is 46.3 Å². The van der Waals surface area contributed by atoms with Gasteiger partial charge in [0.25, 0.3) is 0 Å². The molecule has 5 nitrogen and oxygen atoms in total. The standard InChI is InChI=1S/C11H23N3O2/c1-16-10-9-13-5-2-6-14(8-7-13)11(15)3-4-12/h2-10,12H2,1H3. The van der Waals surface area contributed by atoms with Crippen LogP contribution < -0.4 is 5.73 Å². The third-order valence-electron chi connectivity index (χ3n) is 2.91. The minimum Gasteiger partial charge on any atom is -0.383 e. The number of amides is 1. The van der Waals surface area contributed by atoms with E-state index in [1.165, 1.54) is 0 Å². The average molecular weight is 229 g/mol. The largest absolute Gasteiger partial charge is 0.383 e. The van der Waals surface area contributed by atoms with Gasteiger partial charge in [-0.2, -0.15) is 0 Å². The van der Waals surface area contributed by atoms with Gasteiger partial charge in [0.15, 0.2) is 0 Å². The first kappa shape index (κ1) is 13.4. The van der Waals surface area contributed by atoms with Crippen molar-refractivity contribution >= 4 is 5.91 Å². The summed E-state index contributed by atoms with van der Waals surface area (Å²) in [5.41, 5.74) is 5.39. The molecular formula is C11H23N3O2. The highest BCUT2D eigenvalue weighted by Crippen LogP contribution is 2.04. The molecule has 1 rings (SSSR count). The van der Waals surface area contributed by atoms with E-state index in [1.807, 2.05) is 4.90 Å². The maximum atomic E-state index is 11.7. The number of nitrogens with two attached hydrogens (primary N) is 1. The van der Waals surface area contributed by atoms with Crippen molar-refractivity contribution in [3.05, 3.63) is 0 Å². The van der Waals surface area contributed by atoms with Gasteiger partial charge in [-0.3, -0.25) is 9.69 Å². The number of carbonyl (C=O) groups excluding carboxylic acids is 1. The van der Waals surface area contributed by atoms with E-state index in [0.29, 0.717) is 13.0 Å². The summed E-state index contributed by atoms with van der Waals surface area (Å²) in [7, 11) is 1.72. The van der Waals surface area contributed by atoms with Crippen LogP contribution in [0.3, 0.4) is 0 Å². The quantitative estimate of drug-likeness (QED) is 0.691. The number of hydrogen-bond acceptors (Lipinski definition) is 4. The maximum absolute atomic E-state index is 11.7. The summed E-state index contributed by atoms with van der Waals surface area (Å²) in [5.74, 6) is 0.191. The van der Waals surface area contributed by atoms with Gasteiger partial charge in [0.1, 0.15) is 0 Å². The van der Waals surface area contributed by atoms with Gasteiger partial charge in [0.2, 0.25) is 5.91 Å². The van der Waals surface area contributed by atoms with Gasteiger partial charge in [-0.25, -0.2) is 0 Å². The molecule has 0 aromatic carbocycles. The molecule has 1 aliphatic heterocycles. The molecule has 0 atom stereocenters. The van der Waals surface area contributed by atoms with E-state index in [0.717, 1.165) is 45.8 Å². The zero-order valence-corrected chi connectivity index (χ0v) is 10.2. The molecule has 0 aliphatic carbocycles. The van der Waals surface area contributed by atoms with Crippen LogP contribution in [-0.4, -0.2) is 68.7 Å². The normalized spacial score (nSPS) is 18.5. The summed E-state index contributed by atoms with van der Waals surface area (Å²) in [6.45, 7) is 5.84. The van der Waals surface area contributed by atoms with E-state index in [1.54, 1.807) is 7.11 Å². The molecule has 0 spiro atoms. The number of ether oxygens (including phenoxy) is 1. The number of nitrogens with zero attached hydrogens (tertiary/aromatic N) is 2. The fraction of sp³-hybridized carbons (Fsp3) is 0.909. The van der Waals surface area contributed by atoms with Crippen molar-refractivity contribution in [1.82, 2.24) is 9.80 Å². The predicted molar refractivity (Wildman–Crippen MR) is 63.2 cm³/mol. The summed E-state index contributed by atoms with van der Waals surface area (Å²) < 4.78 is 5.06. The average Bonchev–Trinajstić information content (AvgIpc) is 2.52. The molecule has 1 saturated heterocycles. The van der Waals surface area contributed by atoms with Crippen molar-refractivity contribution in [1.29, 1.82) is 0 Å². The molecule has 0 bridgehead atoms. The number of hydrogen-bond donors (Lipinski definition) is 1. The lowest BCUT2D eigenvalue weighted by Crippen LogP contribution is -2.36. The van der Waals surface area contributed by atoms with E-state index < -0.39 is 0 Å². The van der Waals surface area contributed by atoms with Crippen LogP contribution in [0, 0.1) is 0 Å². The van der Waals surface area contributed by atoms with E-state index in [9.17, 15) is 4.79 Å². The smallest absolute Gasteiger partial charge is 0.223 e. The molecule has 1 aliphatic rings. The molecule has 1 heterocycles. The SMILES string of the molecule is COCCN1CCCN(C(=O)CCN)CC1. The van der Waals surface area contributed by atoms with Crippen molar-refractivity contribution in [2.75, 3.05) is 53.0 Å². The van der Waals surface area contributed by atoms with Gasteiger partial charge < -0.3 is 15.4 Å². The lowest BCUT2D eigenvalue weighted by atomic mass is 10.3. The zero-order chi connectivity index (χ0) is 11.8. The third kappa shape index (κ3) is 4.47. The summed E-state index contributed by atoms with van der Waals surface area (Å²) in [6, 6.07) is 0. The Morgan fingerprint density at radius 1 is 1.31 bits per heavy atom. The van der Waals surface area contributed by atoms with Gasteiger partial charge >= 0.3 is 0 Å². The summed E-state index contributed by atoms with van der Waals surface area (Å²) >= 11 is 0. The molecule has 0 saturated carbocycles. The Hall–Kier alpha value is -0.650. The Balaban J connectivity index is 2.31. The van der Waals surface area contributed by atoms with Crippen LogP contribution in [0.15, 0.2) is 0 Å². The molecule has 0 radical (unpaired) electrons. The molecule has 0 unspecified atom stereocenters. The Morgan fingerprint density at radius 3 is 2.81 bits per heavy atom. The third-order valence-corrected chi connectivity index (χ3v) is 2.91. The number of carbonyl (C=O) groups is 1. The van der Waals surface area contributed by atoms with Crippen molar-refractivity contribution in [2.45, 2.75) is 12.8 Å².